The van der Waals surface area contributed by atoms with Crippen LogP contribution in [0.15, 0.2) is 24.3 Å². The molecule has 0 saturated carbocycles. The molecule has 100 valence electrons. The van der Waals surface area contributed by atoms with Gasteiger partial charge in [0.1, 0.15) is 5.75 Å². The molecule has 1 aliphatic rings. The van der Waals surface area contributed by atoms with Crippen molar-refractivity contribution in [1.82, 2.24) is 0 Å². The lowest BCUT2D eigenvalue weighted by Gasteiger charge is -2.23. The number of rotatable bonds is 4. The molecule has 1 aliphatic heterocycles. The fraction of sp³-hybridized carbons (Fsp3) is 0.500. The van der Waals surface area contributed by atoms with Gasteiger partial charge in [0, 0.05) is 40.1 Å². The third-order valence-corrected chi connectivity index (χ3v) is 4.20. The Morgan fingerprint density at radius 3 is 2.72 bits per heavy atom. The third-order valence-electron chi connectivity index (χ3n) is 2.82. The summed E-state index contributed by atoms with van der Waals surface area (Å²) in [6.45, 7) is -2.81. The average molecular weight is 275 g/mol. The van der Waals surface area contributed by atoms with Crippen LogP contribution in [0.3, 0.4) is 0 Å². The van der Waals surface area contributed by atoms with Crippen molar-refractivity contribution >= 4 is 16.5 Å². The highest BCUT2D eigenvalue weighted by Crippen LogP contribution is 2.22. The molecule has 1 saturated heterocycles. The Balaban J connectivity index is 1.94. The van der Waals surface area contributed by atoms with Gasteiger partial charge in [0.25, 0.3) is 0 Å². The van der Waals surface area contributed by atoms with Gasteiger partial charge in [-0.25, -0.2) is 0 Å². The summed E-state index contributed by atoms with van der Waals surface area (Å²) in [5, 5.41) is 3.26. The zero-order valence-electron chi connectivity index (χ0n) is 9.77. The van der Waals surface area contributed by atoms with Crippen molar-refractivity contribution in [2.24, 2.45) is 0 Å². The van der Waals surface area contributed by atoms with E-state index in [1.807, 2.05) is 6.07 Å². The standard InChI is InChI=1S/C12H15F2NO2S/c13-12(14)17-11-3-1-2-10(8-11)15-9-4-6-18(16)7-5-9/h1-3,8-9,12,15H,4-7H2. The highest BCUT2D eigenvalue weighted by molar-refractivity contribution is 7.85. The van der Waals surface area contributed by atoms with Crippen LogP contribution in [0.25, 0.3) is 0 Å². The Morgan fingerprint density at radius 1 is 1.33 bits per heavy atom. The molecule has 3 nitrogen and oxygen atoms in total. The van der Waals surface area contributed by atoms with Crippen molar-refractivity contribution in [3.05, 3.63) is 24.3 Å². The van der Waals surface area contributed by atoms with Crippen LogP contribution in [0.1, 0.15) is 12.8 Å². The fourth-order valence-electron chi connectivity index (χ4n) is 1.94. The van der Waals surface area contributed by atoms with Crippen molar-refractivity contribution in [2.75, 3.05) is 16.8 Å². The molecule has 0 bridgehead atoms. The molecule has 1 fully saturated rings. The lowest BCUT2D eigenvalue weighted by Crippen LogP contribution is -2.29. The van der Waals surface area contributed by atoms with E-state index in [0.29, 0.717) is 11.5 Å². The maximum atomic E-state index is 12.1. The smallest absolute Gasteiger partial charge is 0.387 e. The summed E-state index contributed by atoms with van der Waals surface area (Å²) in [6.07, 6.45) is 1.68. The first-order valence-electron chi connectivity index (χ1n) is 5.80. The van der Waals surface area contributed by atoms with Crippen LogP contribution in [0.5, 0.6) is 5.75 Å². The van der Waals surface area contributed by atoms with Gasteiger partial charge in [0.15, 0.2) is 0 Å². The number of anilines is 1. The molecule has 1 N–H and O–H groups in total. The van der Waals surface area contributed by atoms with E-state index in [-0.39, 0.29) is 11.8 Å². The molecule has 0 amide bonds. The van der Waals surface area contributed by atoms with Crippen molar-refractivity contribution < 1.29 is 17.7 Å². The zero-order valence-corrected chi connectivity index (χ0v) is 10.6. The summed E-state index contributed by atoms with van der Waals surface area (Å²) >= 11 is 0. The number of hydrogen-bond donors (Lipinski definition) is 1. The minimum Gasteiger partial charge on any atom is -0.435 e. The molecule has 0 spiro atoms. The fourth-order valence-corrected chi connectivity index (χ4v) is 3.23. The largest absolute Gasteiger partial charge is 0.435 e. The summed E-state index contributed by atoms with van der Waals surface area (Å²) in [7, 11) is -0.695. The average Bonchev–Trinajstić information content (AvgIpc) is 2.32. The second-order valence-corrected chi connectivity index (χ2v) is 5.87. The van der Waals surface area contributed by atoms with E-state index >= 15 is 0 Å². The minimum atomic E-state index is -2.81. The number of alkyl halides is 2. The number of nitrogens with one attached hydrogen (secondary N) is 1. The first-order chi connectivity index (χ1) is 8.63. The molecular weight excluding hydrogens is 260 g/mol. The van der Waals surface area contributed by atoms with E-state index in [1.165, 1.54) is 6.07 Å². The number of hydrogen-bond acceptors (Lipinski definition) is 3. The second kappa shape index (κ2) is 6.13. The summed E-state index contributed by atoms with van der Waals surface area (Å²) in [5.74, 6) is 1.55. The molecule has 1 heterocycles. The molecular formula is C12H15F2NO2S. The van der Waals surface area contributed by atoms with Crippen molar-refractivity contribution in [3.8, 4) is 5.75 Å². The summed E-state index contributed by atoms with van der Waals surface area (Å²) in [4.78, 5) is 0. The Bertz CT molecular complexity index is 418. The van der Waals surface area contributed by atoms with Crippen molar-refractivity contribution in [3.63, 3.8) is 0 Å². The lowest BCUT2D eigenvalue weighted by atomic mass is 10.1. The number of halogens is 2. The van der Waals surface area contributed by atoms with Crippen LogP contribution >= 0.6 is 0 Å². The van der Waals surface area contributed by atoms with E-state index in [2.05, 4.69) is 10.1 Å². The van der Waals surface area contributed by atoms with Crippen LogP contribution in [-0.4, -0.2) is 28.4 Å². The van der Waals surface area contributed by atoms with E-state index in [0.717, 1.165) is 18.5 Å². The van der Waals surface area contributed by atoms with Crippen LogP contribution in [0.4, 0.5) is 14.5 Å². The number of benzene rings is 1. The number of ether oxygens (including phenoxy) is 1. The molecule has 1 aromatic rings. The topological polar surface area (TPSA) is 38.3 Å². The molecule has 6 heteroatoms. The molecule has 0 aliphatic carbocycles. The zero-order chi connectivity index (χ0) is 13.0. The van der Waals surface area contributed by atoms with Crippen LogP contribution in [-0.2, 0) is 10.8 Å². The minimum absolute atomic E-state index is 0.148. The third kappa shape index (κ3) is 3.94. The first kappa shape index (κ1) is 13.3. The summed E-state index contributed by atoms with van der Waals surface area (Å²) in [6, 6.07) is 6.78. The van der Waals surface area contributed by atoms with Crippen LogP contribution < -0.4 is 10.1 Å². The molecule has 18 heavy (non-hydrogen) atoms. The van der Waals surface area contributed by atoms with Gasteiger partial charge in [-0.05, 0) is 25.0 Å². The Kier molecular flexibility index (Phi) is 4.52. The predicted octanol–water partition coefficient (Wildman–Crippen LogP) is 2.61. The second-order valence-electron chi connectivity index (χ2n) is 4.17. The van der Waals surface area contributed by atoms with E-state index in [1.54, 1.807) is 12.1 Å². The lowest BCUT2D eigenvalue weighted by molar-refractivity contribution is -0.0498. The molecule has 1 aromatic carbocycles. The molecule has 0 unspecified atom stereocenters. The monoisotopic (exact) mass is 275 g/mol. The van der Waals surface area contributed by atoms with Gasteiger partial charge < -0.3 is 10.1 Å². The highest BCUT2D eigenvalue weighted by Gasteiger charge is 2.17. The predicted molar refractivity (Wildman–Crippen MR) is 67.6 cm³/mol. The Morgan fingerprint density at radius 2 is 2.06 bits per heavy atom. The van der Waals surface area contributed by atoms with Gasteiger partial charge >= 0.3 is 6.61 Å². The van der Waals surface area contributed by atoms with Gasteiger partial charge in [-0.3, -0.25) is 4.21 Å². The first-order valence-corrected chi connectivity index (χ1v) is 7.28. The van der Waals surface area contributed by atoms with E-state index < -0.39 is 17.4 Å². The van der Waals surface area contributed by atoms with E-state index in [4.69, 9.17) is 0 Å². The molecule has 0 atom stereocenters. The quantitative estimate of drug-likeness (QED) is 0.918. The van der Waals surface area contributed by atoms with Gasteiger partial charge in [-0.15, -0.1) is 0 Å². The SMILES string of the molecule is O=S1CCC(Nc2cccc(OC(F)F)c2)CC1. The van der Waals surface area contributed by atoms with Crippen LogP contribution in [0.2, 0.25) is 0 Å². The Labute approximate surface area is 107 Å². The summed E-state index contributed by atoms with van der Waals surface area (Å²) in [5.41, 5.74) is 0.755. The van der Waals surface area contributed by atoms with Gasteiger partial charge in [0.05, 0.1) is 0 Å². The maximum absolute atomic E-state index is 12.1. The van der Waals surface area contributed by atoms with E-state index in [9.17, 15) is 13.0 Å². The normalized spacial score (nSPS) is 23.9. The van der Waals surface area contributed by atoms with Gasteiger partial charge in [0.2, 0.25) is 0 Å². The van der Waals surface area contributed by atoms with Gasteiger partial charge in [-0.2, -0.15) is 8.78 Å². The van der Waals surface area contributed by atoms with Crippen LogP contribution in [0, 0.1) is 0 Å². The molecule has 2 rings (SSSR count). The molecule has 0 aromatic heterocycles. The highest BCUT2D eigenvalue weighted by atomic mass is 32.2. The van der Waals surface area contributed by atoms with Crippen molar-refractivity contribution in [1.29, 1.82) is 0 Å². The summed E-state index contributed by atoms with van der Waals surface area (Å²) < 4.78 is 39.7. The van der Waals surface area contributed by atoms with Gasteiger partial charge in [-0.1, -0.05) is 6.07 Å². The Hall–Kier alpha value is -1.17. The molecule has 0 radical (unpaired) electrons. The van der Waals surface area contributed by atoms with Crippen molar-refractivity contribution in [2.45, 2.75) is 25.5 Å². The maximum Gasteiger partial charge on any atom is 0.387 e.